The van der Waals surface area contributed by atoms with Crippen molar-refractivity contribution in [2.75, 3.05) is 7.11 Å². The molecule has 0 spiro atoms. The number of benzene rings is 3. The van der Waals surface area contributed by atoms with Crippen LogP contribution in [0.25, 0.3) is 10.9 Å². The van der Waals surface area contributed by atoms with Crippen molar-refractivity contribution in [3.8, 4) is 5.75 Å². The second-order valence-corrected chi connectivity index (χ2v) is 9.59. The van der Waals surface area contributed by atoms with Gasteiger partial charge in [0.2, 0.25) is 10.0 Å². The van der Waals surface area contributed by atoms with E-state index in [9.17, 15) is 13.2 Å². The molecule has 1 aromatic heterocycles. The van der Waals surface area contributed by atoms with Gasteiger partial charge >= 0.3 is 0 Å². The molecule has 0 atom stereocenters. The molecule has 0 amide bonds. The average Bonchev–Trinajstić information content (AvgIpc) is 2.80. The van der Waals surface area contributed by atoms with Crippen LogP contribution >= 0.6 is 0 Å². The van der Waals surface area contributed by atoms with Crippen LogP contribution < -0.4 is 10.3 Å². The molecular formula is C25H24N2O4S. The first-order valence-corrected chi connectivity index (χ1v) is 11.6. The second-order valence-electron chi connectivity index (χ2n) is 7.65. The predicted molar refractivity (Wildman–Crippen MR) is 125 cm³/mol. The highest BCUT2D eigenvalue weighted by molar-refractivity contribution is 7.89. The van der Waals surface area contributed by atoms with Crippen LogP contribution in [0.2, 0.25) is 0 Å². The maximum Gasteiger partial charge on any atom is 0.252 e. The van der Waals surface area contributed by atoms with Crippen LogP contribution in [0, 0.1) is 6.92 Å². The second kappa shape index (κ2) is 8.98. The minimum absolute atomic E-state index is 0.0532. The topological polar surface area (TPSA) is 79.5 Å². The van der Waals surface area contributed by atoms with Gasteiger partial charge in [0.25, 0.3) is 5.56 Å². The van der Waals surface area contributed by atoms with Gasteiger partial charge in [-0.3, -0.25) is 4.79 Å². The standard InChI is InChI=1S/C25H24N2O4S/c1-18-8-10-19(11-9-18)16-27(32(29,30)23-6-4-3-5-7-23)17-21-14-20-12-13-22(31-2)15-24(20)26-25(21)28/h3-15H,16-17H2,1-2H3,(H,26,28). The molecule has 0 aliphatic rings. The van der Waals surface area contributed by atoms with Gasteiger partial charge in [-0.25, -0.2) is 8.42 Å². The number of methoxy groups -OCH3 is 1. The Morgan fingerprint density at radius 2 is 1.62 bits per heavy atom. The molecule has 3 aromatic carbocycles. The zero-order valence-electron chi connectivity index (χ0n) is 17.9. The van der Waals surface area contributed by atoms with Gasteiger partial charge in [-0.05, 0) is 48.2 Å². The lowest BCUT2D eigenvalue weighted by Crippen LogP contribution is -2.32. The fraction of sp³-hybridized carbons (Fsp3) is 0.160. The number of fused-ring (bicyclic) bond motifs is 1. The zero-order chi connectivity index (χ0) is 22.7. The van der Waals surface area contributed by atoms with E-state index < -0.39 is 10.0 Å². The molecule has 6 nitrogen and oxygen atoms in total. The molecule has 164 valence electrons. The Bertz CT molecular complexity index is 1400. The van der Waals surface area contributed by atoms with Gasteiger partial charge in [-0.1, -0.05) is 48.0 Å². The highest BCUT2D eigenvalue weighted by Gasteiger charge is 2.26. The first-order chi connectivity index (χ1) is 15.4. The van der Waals surface area contributed by atoms with E-state index in [1.54, 1.807) is 55.6 Å². The first kappa shape index (κ1) is 21.8. The lowest BCUT2D eigenvalue weighted by molar-refractivity contribution is 0.400. The van der Waals surface area contributed by atoms with Crippen molar-refractivity contribution in [3.63, 3.8) is 0 Å². The Morgan fingerprint density at radius 3 is 2.31 bits per heavy atom. The van der Waals surface area contributed by atoms with Crippen molar-refractivity contribution in [3.05, 3.63) is 106 Å². The lowest BCUT2D eigenvalue weighted by Gasteiger charge is -2.22. The lowest BCUT2D eigenvalue weighted by atomic mass is 10.1. The van der Waals surface area contributed by atoms with Crippen molar-refractivity contribution in [1.82, 2.24) is 9.29 Å². The summed E-state index contributed by atoms with van der Waals surface area (Å²) in [5, 5.41) is 0.799. The smallest absolute Gasteiger partial charge is 0.252 e. The summed E-state index contributed by atoms with van der Waals surface area (Å²) in [4.78, 5) is 15.8. The van der Waals surface area contributed by atoms with Gasteiger partial charge in [0.05, 0.1) is 17.5 Å². The normalized spacial score (nSPS) is 11.7. The van der Waals surface area contributed by atoms with Crippen LogP contribution in [0.15, 0.2) is 88.6 Å². The number of pyridine rings is 1. The number of nitrogens with zero attached hydrogens (tertiary/aromatic N) is 1. The summed E-state index contributed by atoms with van der Waals surface area (Å²) in [6, 6.07) is 23.1. The maximum atomic E-state index is 13.5. The number of hydrogen-bond acceptors (Lipinski definition) is 4. The summed E-state index contributed by atoms with van der Waals surface area (Å²) in [5.41, 5.74) is 2.61. The van der Waals surface area contributed by atoms with Crippen LogP contribution in [-0.4, -0.2) is 24.8 Å². The molecule has 0 bridgehead atoms. The van der Waals surface area contributed by atoms with Gasteiger partial charge in [-0.2, -0.15) is 4.31 Å². The average molecular weight is 449 g/mol. The summed E-state index contributed by atoms with van der Waals surface area (Å²) in [6.45, 7) is 2.08. The van der Waals surface area contributed by atoms with E-state index in [1.807, 2.05) is 37.3 Å². The van der Waals surface area contributed by atoms with Crippen LogP contribution in [0.3, 0.4) is 0 Å². The van der Waals surface area contributed by atoms with Crippen LogP contribution in [-0.2, 0) is 23.1 Å². The number of rotatable bonds is 7. The molecule has 0 unspecified atom stereocenters. The van der Waals surface area contributed by atoms with E-state index in [0.29, 0.717) is 16.8 Å². The van der Waals surface area contributed by atoms with Crippen molar-refractivity contribution in [2.24, 2.45) is 0 Å². The monoisotopic (exact) mass is 448 g/mol. The SMILES string of the molecule is COc1ccc2cc(CN(Cc3ccc(C)cc3)S(=O)(=O)c3ccccc3)c(=O)[nH]c2c1. The molecular weight excluding hydrogens is 424 g/mol. The van der Waals surface area contributed by atoms with Gasteiger partial charge in [0.15, 0.2) is 0 Å². The van der Waals surface area contributed by atoms with E-state index in [1.165, 1.54) is 4.31 Å². The largest absolute Gasteiger partial charge is 0.497 e. The molecule has 1 heterocycles. The number of nitrogens with one attached hydrogen (secondary N) is 1. The quantitative estimate of drug-likeness (QED) is 0.459. The van der Waals surface area contributed by atoms with E-state index in [0.717, 1.165) is 16.5 Å². The summed E-state index contributed by atoms with van der Waals surface area (Å²) in [6.07, 6.45) is 0. The predicted octanol–water partition coefficient (Wildman–Crippen LogP) is 4.24. The molecule has 0 radical (unpaired) electrons. The molecule has 4 rings (SSSR count). The molecule has 0 saturated heterocycles. The van der Waals surface area contributed by atoms with Gasteiger partial charge < -0.3 is 9.72 Å². The minimum Gasteiger partial charge on any atom is -0.497 e. The minimum atomic E-state index is -3.83. The van der Waals surface area contributed by atoms with Gasteiger partial charge in [-0.15, -0.1) is 0 Å². The number of aromatic nitrogens is 1. The third kappa shape index (κ3) is 4.59. The third-order valence-corrected chi connectivity index (χ3v) is 7.14. The third-order valence-electron chi connectivity index (χ3n) is 5.34. The molecule has 0 saturated carbocycles. The molecule has 32 heavy (non-hydrogen) atoms. The van der Waals surface area contributed by atoms with Gasteiger partial charge in [0, 0.05) is 24.7 Å². The molecule has 4 aromatic rings. The Morgan fingerprint density at radius 1 is 0.906 bits per heavy atom. The number of hydrogen-bond donors (Lipinski definition) is 1. The molecule has 0 aliphatic carbocycles. The van der Waals surface area contributed by atoms with E-state index in [-0.39, 0.29) is 23.5 Å². The highest BCUT2D eigenvalue weighted by Crippen LogP contribution is 2.23. The number of sulfonamides is 1. The van der Waals surface area contributed by atoms with Gasteiger partial charge in [0.1, 0.15) is 5.75 Å². The summed E-state index contributed by atoms with van der Waals surface area (Å²) < 4.78 is 33.5. The fourth-order valence-corrected chi connectivity index (χ4v) is 4.95. The van der Waals surface area contributed by atoms with Crippen molar-refractivity contribution in [1.29, 1.82) is 0 Å². The Kier molecular flexibility index (Phi) is 6.12. The molecule has 1 N–H and O–H groups in total. The number of ether oxygens (including phenoxy) is 1. The summed E-state index contributed by atoms with van der Waals surface area (Å²) in [7, 11) is -2.27. The van der Waals surface area contributed by atoms with Crippen LogP contribution in [0.5, 0.6) is 5.75 Å². The first-order valence-electron chi connectivity index (χ1n) is 10.2. The van der Waals surface area contributed by atoms with E-state index in [2.05, 4.69) is 4.98 Å². The summed E-state index contributed by atoms with van der Waals surface area (Å²) >= 11 is 0. The number of aryl methyl sites for hydroxylation is 1. The van der Waals surface area contributed by atoms with Crippen molar-refractivity contribution >= 4 is 20.9 Å². The fourth-order valence-electron chi connectivity index (χ4n) is 3.52. The summed E-state index contributed by atoms with van der Waals surface area (Å²) in [5.74, 6) is 0.633. The van der Waals surface area contributed by atoms with Crippen LogP contribution in [0.1, 0.15) is 16.7 Å². The van der Waals surface area contributed by atoms with E-state index in [4.69, 9.17) is 4.74 Å². The Hall–Kier alpha value is -3.42. The van der Waals surface area contributed by atoms with Crippen molar-refractivity contribution in [2.45, 2.75) is 24.9 Å². The number of H-pyrrole nitrogens is 1. The molecule has 7 heteroatoms. The van der Waals surface area contributed by atoms with Crippen molar-refractivity contribution < 1.29 is 13.2 Å². The van der Waals surface area contributed by atoms with E-state index >= 15 is 0 Å². The molecule has 0 aliphatic heterocycles. The highest BCUT2D eigenvalue weighted by atomic mass is 32.2. The maximum absolute atomic E-state index is 13.5. The Balaban J connectivity index is 1.75. The van der Waals surface area contributed by atoms with Crippen LogP contribution in [0.4, 0.5) is 0 Å². The zero-order valence-corrected chi connectivity index (χ0v) is 18.7. The Labute approximate surface area is 187 Å². The molecule has 0 fully saturated rings. The number of aromatic amines is 1.